The molecule has 3 aromatic carbocycles. The van der Waals surface area contributed by atoms with E-state index >= 15 is 0 Å². The van der Waals surface area contributed by atoms with Crippen LogP contribution in [0.1, 0.15) is 0 Å². The second kappa shape index (κ2) is 8.60. The first kappa shape index (κ1) is 22.6. The van der Waals surface area contributed by atoms with Gasteiger partial charge in [0.05, 0.1) is 9.85 Å². The van der Waals surface area contributed by atoms with E-state index < -0.39 is 39.9 Å². The van der Waals surface area contributed by atoms with Gasteiger partial charge in [-0.15, -0.1) is 0 Å². The summed E-state index contributed by atoms with van der Waals surface area (Å²) in [6.07, 6.45) is 0. The zero-order chi connectivity index (χ0) is 23.5. The minimum absolute atomic E-state index is 0.217. The van der Waals surface area contributed by atoms with E-state index in [1.54, 1.807) is 0 Å². The SMILES string of the molecule is O=[N+]([O-])c1ccc(OS(=O)(=O)c2cccc(S(=O)(=O)Oc3ccc([N+](=O)[O-])cc3)c2)cc1. The lowest BCUT2D eigenvalue weighted by atomic mass is 10.3. The number of non-ortho nitro benzene ring substituents is 2. The highest BCUT2D eigenvalue weighted by Gasteiger charge is 2.23. The van der Waals surface area contributed by atoms with Gasteiger partial charge >= 0.3 is 20.2 Å². The van der Waals surface area contributed by atoms with Crippen molar-refractivity contribution in [2.24, 2.45) is 0 Å². The summed E-state index contributed by atoms with van der Waals surface area (Å²) in [5.41, 5.74) is -0.544. The summed E-state index contributed by atoms with van der Waals surface area (Å²) >= 11 is 0. The van der Waals surface area contributed by atoms with Gasteiger partial charge < -0.3 is 8.37 Å². The second-order valence-electron chi connectivity index (χ2n) is 6.05. The summed E-state index contributed by atoms with van der Waals surface area (Å²) in [7, 11) is -8.96. The van der Waals surface area contributed by atoms with Crippen LogP contribution in [0.25, 0.3) is 0 Å². The monoisotopic (exact) mass is 480 g/mol. The number of hydrogen-bond donors (Lipinski definition) is 0. The Kier molecular flexibility index (Phi) is 6.09. The average Bonchev–Trinajstić information content (AvgIpc) is 2.74. The number of nitrogens with zero attached hydrogens (tertiary/aromatic N) is 2. The molecule has 0 aliphatic rings. The molecule has 0 bridgehead atoms. The van der Waals surface area contributed by atoms with Gasteiger partial charge in [-0.2, -0.15) is 16.8 Å². The van der Waals surface area contributed by atoms with Crippen molar-refractivity contribution in [1.29, 1.82) is 0 Å². The molecule has 166 valence electrons. The average molecular weight is 480 g/mol. The largest absolute Gasteiger partial charge is 0.379 e. The molecule has 14 heteroatoms. The van der Waals surface area contributed by atoms with E-state index in [9.17, 15) is 37.1 Å². The van der Waals surface area contributed by atoms with Crippen LogP contribution in [0.5, 0.6) is 11.5 Å². The molecule has 0 saturated heterocycles. The molecular formula is C18H12N2O10S2. The molecule has 3 rings (SSSR count). The van der Waals surface area contributed by atoms with Gasteiger partial charge in [0.15, 0.2) is 0 Å². The van der Waals surface area contributed by atoms with E-state index in [-0.39, 0.29) is 22.9 Å². The number of nitro groups is 2. The standard InChI is InChI=1S/C18H12N2O10S2/c21-19(22)13-4-8-15(9-5-13)29-31(25,26)17-2-1-3-18(12-17)32(27,28)30-16-10-6-14(7-11-16)20(23)24/h1-12H. The van der Waals surface area contributed by atoms with Crippen molar-refractivity contribution in [3.05, 3.63) is 93.0 Å². The lowest BCUT2D eigenvalue weighted by molar-refractivity contribution is -0.385. The van der Waals surface area contributed by atoms with Gasteiger partial charge in [-0.3, -0.25) is 20.2 Å². The minimum Gasteiger partial charge on any atom is -0.379 e. The molecule has 0 spiro atoms. The topological polar surface area (TPSA) is 173 Å². The van der Waals surface area contributed by atoms with Crippen LogP contribution in [-0.2, 0) is 20.2 Å². The van der Waals surface area contributed by atoms with Crippen LogP contribution in [0.4, 0.5) is 11.4 Å². The first-order chi connectivity index (χ1) is 15.0. The summed E-state index contributed by atoms with van der Waals surface area (Å²) < 4.78 is 59.8. The fourth-order valence-corrected chi connectivity index (χ4v) is 4.41. The van der Waals surface area contributed by atoms with Gasteiger partial charge in [-0.25, -0.2) is 0 Å². The molecule has 0 radical (unpaired) electrons. The van der Waals surface area contributed by atoms with Gasteiger partial charge in [-0.1, -0.05) is 6.07 Å². The van der Waals surface area contributed by atoms with E-state index in [1.807, 2.05) is 0 Å². The maximum atomic E-state index is 12.5. The lowest BCUT2D eigenvalue weighted by Crippen LogP contribution is -2.13. The molecule has 0 fully saturated rings. The third kappa shape index (κ3) is 5.16. The van der Waals surface area contributed by atoms with Crippen LogP contribution in [-0.4, -0.2) is 26.7 Å². The summed E-state index contributed by atoms with van der Waals surface area (Å²) in [6, 6.07) is 12.6. The maximum absolute atomic E-state index is 12.5. The number of rotatable bonds is 8. The Labute approximate surface area is 181 Å². The summed E-state index contributed by atoms with van der Waals surface area (Å²) in [5, 5.41) is 21.4. The first-order valence-electron chi connectivity index (χ1n) is 8.46. The molecule has 0 unspecified atom stereocenters. The van der Waals surface area contributed by atoms with Gasteiger partial charge in [0.2, 0.25) is 0 Å². The Hall–Kier alpha value is -4.04. The fourth-order valence-electron chi connectivity index (χ4n) is 2.38. The summed E-state index contributed by atoms with van der Waals surface area (Å²) in [4.78, 5) is 19.0. The first-order valence-corrected chi connectivity index (χ1v) is 11.3. The van der Waals surface area contributed by atoms with Gasteiger partial charge in [0.1, 0.15) is 21.3 Å². The number of nitro benzene ring substituents is 2. The molecular weight excluding hydrogens is 468 g/mol. The Morgan fingerprint density at radius 1 is 0.594 bits per heavy atom. The zero-order valence-electron chi connectivity index (χ0n) is 15.7. The predicted octanol–water partition coefficient (Wildman–Crippen LogP) is 3.04. The predicted molar refractivity (Wildman–Crippen MR) is 108 cm³/mol. The third-order valence-electron chi connectivity index (χ3n) is 3.89. The molecule has 0 atom stereocenters. The van der Waals surface area contributed by atoms with Crippen molar-refractivity contribution in [3.8, 4) is 11.5 Å². The highest BCUT2D eigenvalue weighted by atomic mass is 32.2. The minimum atomic E-state index is -4.48. The molecule has 0 N–H and O–H groups in total. The highest BCUT2D eigenvalue weighted by molar-refractivity contribution is 7.88. The molecule has 0 aliphatic carbocycles. The number of benzene rings is 3. The molecule has 0 saturated carbocycles. The van der Waals surface area contributed by atoms with E-state index in [2.05, 4.69) is 0 Å². The van der Waals surface area contributed by atoms with Gasteiger partial charge in [-0.05, 0) is 42.5 Å². The van der Waals surface area contributed by atoms with Crippen LogP contribution in [0.15, 0.2) is 82.6 Å². The van der Waals surface area contributed by atoms with E-state index in [0.29, 0.717) is 0 Å². The number of hydrogen-bond acceptors (Lipinski definition) is 10. The fraction of sp³-hybridized carbons (Fsp3) is 0. The molecule has 0 heterocycles. The van der Waals surface area contributed by atoms with Gasteiger partial charge in [0.25, 0.3) is 11.4 Å². The quantitative estimate of drug-likeness (QED) is 0.265. The smallest absolute Gasteiger partial charge is 0.339 e. The van der Waals surface area contributed by atoms with Gasteiger partial charge in [0, 0.05) is 24.3 Å². The van der Waals surface area contributed by atoms with Crippen molar-refractivity contribution in [2.75, 3.05) is 0 Å². The normalized spacial score (nSPS) is 11.5. The van der Waals surface area contributed by atoms with E-state index in [1.165, 1.54) is 0 Å². The molecule has 0 aliphatic heterocycles. The van der Waals surface area contributed by atoms with E-state index in [0.717, 1.165) is 72.8 Å². The van der Waals surface area contributed by atoms with Crippen molar-refractivity contribution in [2.45, 2.75) is 9.79 Å². The third-order valence-corrected chi connectivity index (χ3v) is 6.38. The van der Waals surface area contributed by atoms with Crippen LogP contribution < -0.4 is 8.37 Å². The van der Waals surface area contributed by atoms with E-state index in [4.69, 9.17) is 8.37 Å². The van der Waals surface area contributed by atoms with Crippen molar-refractivity contribution >= 4 is 31.6 Å². The van der Waals surface area contributed by atoms with Crippen LogP contribution in [0.3, 0.4) is 0 Å². The highest BCUT2D eigenvalue weighted by Crippen LogP contribution is 2.25. The molecule has 32 heavy (non-hydrogen) atoms. The molecule has 0 aromatic heterocycles. The Morgan fingerprint density at radius 2 is 0.938 bits per heavy atom. The lowest BCUT2D eigenvalue weighted by Gasteiger charge is -2.10. The molecule has 3 aromatic rings. The summed E-state index contributed by atoms with van der Waals surface area (Å²) in [6.45, 7) is 0. The van der Waals surface area contributed by atoms with Crippen LogP contribution in [0, 0.1) is 20.2 Å². The Bertz CT molecular complexity index is 1280. The van der Waals surface area contributed by atoms with Crippen LogP contribution in [0.2, 0.25) is 0 Å². The molecule has 0 amide bonds. The second-order valence-corrected chi connectivity index (χ2v) is 9.14. The van der Waals surface area contributed by atoms with Crippen molar-refractivity contribution in [3.63, 3.8) is 0 Å². The Morgan fingerprint density at radius 3 is 1.25 bits per heavy atom. The summed E-state index contributed by atoms with van der Waals surface area (Å²) in [5.74, 6) is -0.433. The Balaban J connectivity index is 1.84. The van der Waals surface area contributed by atoms with Crippen LogP contribution >= 0.6 is 0 Å². The molecule has 12 nitrogen and oxygen atoms in total. The maximum Gasteiger partial charge on any atom is 0.339 e. The van der Waals surface area contributed by atoms with Crippen molar-refractivity contribution < 1.29 is 35.0 Å². The van der Waals surface area contributed by atoms with Crippen molar-refractivity contribution in [1.82, 2.24) is 0 Å². The zero-order valence-corrected chi connectivity index (χ0v) is 17.4.